The van der Waals surface area contributed by atoms with Crippen LogP contribution < -0.4 is 41.0 Å². The van der Waals surface area contributed by atoms with E-state index in [1.54, 1.807) is 35.6 Å². The van der Waals surface area contributed by atoms with E-state index in [-0.39, 0.29) is 23.5 Å². The third kappa shape index (κ3) is 8.93. The highest BCUT2D eigenvalue weighted by molar-refractivity contribution is 8.33. The van der Waals surface area contributed by atoms with E-state index in [2.05, 4.69) is 45.6 Å². The van der Waals surface area contributed by atoms with Gasteiger partial charge in [0.05, 0.1) is 12.4 Å². The summed E-state index contributed by atoms with van der Waals surface area (Å²) in [6, 6.07) is 8.14. The fourth-order valence-corrected chi connectivity index (χ4v) is 13.2. The monoisotopic (exact) mass is 902 g/mol. The predicted molar refractivity (Wildman–Crippen MR) is 258 cm³/mol. The van der Waals surface area contributed by atoms with Gasteiger partial charge in [-0.1, -0.05) is 13.8 Å². The Bertz CT molecular complexity index is 2780. The molecule has 2 aromatic carbocycles. The first-order chi connectivity index (χ1) is 30.1. The minimum atomic E-state index is -0.647. The number of nitrogens with one attached hydrogen (secondary N) is 2. The molecule has 8 heterocycles. The zero-order valence-corrected chi connectivity index (χ0v) is 39.9. The minimum absolute atomic E-state index is 0.0170. The molecule has 2 fully saturated rings. The molecule has 0 spiro atoms. The summed E-state index contributed by atoms with van der Waals surface area (Å²) < 4.78 is 29.8. The second-order valence-electron chi connectivity index (χ2n) is 17.6. The molecule has 16 nitrogen and oxygen atoms in total. The van der Waals surface area contributed by atoms with E-state index in [0.29, 0.717) is 61.1 Å². The lowest BCUT2D eigenvalue weighted by Gasteiger charge is -2.39. The molecule has 0 aliphatic carbocycles. The minimum Gasteiger partial charge on any atom is -0.486 e. The van der Waals surface area contributed by atoms with Crippen LogP contribution in [0.4, 0.5) is 23.3 Å². The van der Waals surface area contributed by atoms with Crippen molar-refractivity contribution in [2.75, 3.05) is 85.1 Å². The molecule has 1 unspecified atom stereocenters. The molecule has 0 saturated carbocycles. The van der Waals surface area contributed by atoms with Crippen molar-refractivity contribution >= 4 is 65.7 Å². The zero-order chi connectivity index (χ0) is 44.8. The summed E-state index contributed by atoms with van der Waals surface area (Å²) in [5, 5.41) is 6.61. The fraction of sp³-hybridized carbons (Fsp3) is 0.511. The summed E-state index contributed by atoms with van der Waals surface area (Å²) in [4.78, 5) is 44.5. The molecule has 4 aliphatic rings. The Kier molecular flexibility index (Phi) is 12.4. The van der Waals surface area contributed by atoms with E-state index in [0.717, 1.165) is 70.0 Å². The van der Waals surface area contributed by atoms with Crippen molar-refractivity contribution in [2.45, 2.75) is 59.0 Å². The smallest absolute Gasteiger partial charge is 0.330 e. The molecule has 0 radical (unpaired) electrons. The lowest BCUT2D eigenvalue weighted by molar-refractivity contribution is 0.171. The number of aromatic nitrogens is 8. The van der Waals surface area contributed by atoms with Crippen molar-refractivity contribution < 1.29 is 18.9 Å². The first-order valence-corrected chi connectivity index (χ1v) is 27.3. The molecule has 0 bridgehead atoms. The number of fused-ring (bicyclic) bond motifs is 4. The standard InChI is InChI=1S/C22H29N5O3S.C21H27N5O3S.C2H6/c1-14-11-18-19(30-8-7-29-18)12-16(14)24-21-23-13-17-20(25-21)27(22(28)26(17)2)15-5-9-31(3,4)10-6-15;1-13-9-17-18(29-7-6-28-17)10-15(13)23-20-22-11-16-19(24-20)26(21(27)25(16)2)14-5-8-30(3,4)12-14;1-2/h11-13,15H,5-10H2,1-4H3,(H,23,24,25);9-11,14H,5-8,12H2,1-4H3,(H,22,23,24);1-2H3. The number of ether oxygens (including phenoxy) is 4. The van der Waals surface area contributed by atoms with Gasteiger partial charge in [-0.05, 0) is 104 Å². The average Bonchev–Trinajstić information content (AvgIpc) is 3.84. The number of benzene rings is 2. The van der Waals surface area contributed by atoms with Crippen LogP contribution in [0.3, 0.4) is 0 Å². The number of hydrogen-bond donors (Lipinski definition) is 2. The fourth-order valence-electron chi connectivity index (χ4n) is 8.70. The van der Waals surface area contributed by atoms with E-state index in [1.165, 1.54) is 17.3 Å². The number of hydrogen-bond acceptors (Lipinski definition) is 12. The van der Waals surface area contributed by atoms with Gasteiger partial charge in [-0.25, -0.2) is 39.6 Å². The van der Waals surface area contributed by atoms with Gasteiger partial charge in [0.15, 0.2) is 34.3 Å². The Morgan fingerprint density at radius 2 is 0.968 bits per heavy atom. The van der Waals surface area contributed by atoms with Crippen LogP contribution in [-0.2, 0) is 14.1 Å². The van der Waals surface area contributed by atoms with Crippen molar-refractivity contribution in [3.05, 3.63) is 68.8 Å². The molecule has 1 atom stereocenters. The molecule has 340 valence electrons. The van der Waals surface area contributed by atoms with E-state index >= 15 is 0 Å². The summed E-state index contributed by atoms with van der Waals surface area (Å²) >= 11 is 0. The molecule has 4 aromatic heterocycles. The number of nitrogens with zero attached hydrogens (tertiary/aromatic N) is 8. The van der Waals surface area contributed by atoms with Gasteiger partial charge in [-0.2, -0.15) is 9.97 Å². The normalized spacial score (nSPS) is 19.6. The van der Waals surface area contributed by atoms with Crippen LogP contribution in [0.2, 0.25) is 0 Å². The first-order valence-electron chi connectivity index (χ1n) is 21.7. The number of rotatable bonds is 6. The van der Waals surface area contributed by atoms with Crippen LogP contribution in [-0.4, -0.2) is 113 Å². The zero-order valence-electron chi connectivity index (χ0n) is 38.2. The SMILES string of the molecule is CC.Cc1cc2c(cc1Nc1ncc3c(n1)n(C1CCS(C)(C)C1)c(=O)n3C)OCCO2.Cc1cc2c(cc1Nc1ncc3c(n1)n(C1CCS(C)(C)CC1)c(=O)n3C)OCCO2. The van der Waals surface area contributed by atoms with Gasteiger partial charge in [-0.3, -0.25) is 18.3 Å². The summed E-state index contributed by atoms with van der Waals surface area (Å²) in [7, 11) is 2.40. The van der Waals surface area contributed by atoms with Gasteiger partial charge in [-0.15, -0.1) is 0 Å². The molecule has 63 heavy (non-hydrogen) atoms. The van der Waals surface area contributed by atoms with E-state index in [4.69, 9.17) is 28.9 Å². The third-order valence-corrected chi connectivity index (χ3v) is 17.6. The Balaban J connectivity index is 0.000000166. The molecule has 2 saturated heterocycles. The molecular weight excluding hydrogens is 841 g/mol. The van der Waals surface area contributed by atoms with Crippen molar-refractivity contribution in [3.63, 3.8) is 0 Å². The van der Waals surface area contributed by atoms with Crippen LogP contribution in [0.1, 0.15) is 56.3 Å². The summed E-state index contributed by atoms with van der Waals surface area (Å²) in [5.74, 6) is 8.48. The summed E-state index contributed by atoms with van der Waals surface area (Å²) in [6.07, 6.45) is 16.0. The van der Waals surface area contributed by atoms with E-state index < -0.39 is 20.1 Å². The highest BCUT2D eigenvalue weighted by Crippen LogP contribution is 2.51. The third-order valence-electron chi connectivity index (χ3n) is 12.3. The average molecular weight is 903 g/mol. The van der Waals surface area contributed by atoms with Gasteiger partial charge in [0.2, 0.25) is 11.9 Å². The Morgan fingerprint density at radius 1 is 0.587 bits per heavy atom. The molecule has 4 aliphatic heterocycles. The van der Waals surface area contributed by atoms with E-state index in [9.17, 15) is 9.59 Å². The number of imidazole rings is 2. The number of anilines is 4. The van der Waals surface area contributed by atoms with Crippen LogP contribution in [0, 0.1) is 13.8 Å². The molecule has 18 heteroatoms. The second kappa shape index (κ2) is 17.7. The maximum atomic E-state index is 13.0. The van der Waals surface area contributed by atoms with Crippen LogP contribution in [0.5, 0.6) is 23.0 Å². The molecule has 0 amide bonds. The largest absolute Gasteiger partial charge is 0.486 e. The van der Waals surface area contributed by atoms with Gasteiger partial charge < -0.3 is 29.6 Å². The van der Waals surface area contributed by atoms with Crippen LogP contribution in [0.15, 0.2) is 46.2 Å². The molecule has 10 rings (SSSR count). The maximum absolute atomic E-state index is 13.0. The number of aryl methyl sites for hydroxylation is 4. The van der Waals surface area contributed by atoms with Gasteiger partial charge in [0.25, 0.3) is 0 Å². The molecular formula is C45H62N10O6S2. The summed E-state index contributed by atoms with van der Waals surface area (Å²) in [6.45, 7) is 10.2. The van der Waals surface area contributed by atoms with Gasteiger partial charge in [0, 0.05) is 49.7 Å². The van der Waals surface area contributed by atoms with Crippen LogP contribution in [0.25, 0.3) is 22.3 Å². The Labute approximate surface area is 371 Å². The lowest BCUT2D eigenvalue weighted by atomic mass is 10.1. The quantitative estimate of drug-likeness (QED) is 0.171. The summed E-state index contributed by atoms with van der Waals surface area (Å²) in [5.41, 5.74) is 6.59. The maximum Gasteiger partial charge on any atom is 0.330 e. The van der Waals surface area contributed by atoms with Gasteiger partial charge >= 0.3 is 11.4 Å². The topological polar surface area (TPSA) is 166 Å². The van der Waals surface area contributed by atoms with Crippen molar-refractivity contribution in [3.8, 4) is 23.0 Å². The van der Waals surface area contributed by atoms with Crippen molar-refractivity contribution in [2.24, 2.45) is 14.1 Å². The highest BCUT2D eigenvalue weighted by atomic mass is 32.3. The predicted octanol–water partition coefficient (Wildman–Crippen LogP) is 7.34. The Morgan fingerprint density at radius 3 is 1.38 bits per heavy atom. The van der Waals surface area contributed by atoms with Crippen LogP contribution >= 0.6 is 20.1 Å². The van der Waals surface area contributed by atoms with Crippen molar-refractivity contribution in [1.82, 2.24) is 38.2 Å². The first kappa shape index (κ1) is 44.3. The lowest BCUT2D eigenvalue weighted by Crippen LogP contribution is -2.31. The van der Waals surface area contributed by atoms with E-state index in [1.807, 2.05) is 61.1 Å². The second-order valence-corrected chi connectivity index (χ2v) is 26.2. The molecule has 2 N–H and O–H groups in total. The Hall–Kier alpha value is -5.36. The highest BCUT2D eigenvalue weighted by Gasteiger charge is 2.32. The van der Waals surface area contributed by atoms with Crippen molar-refractivity contribution in [1.29, 1.82) is 0 Å². The molecule has 6 aromatic rings. The van der Waals surface area contributed by atoms with Gasteiger partial charge in [0.1, 0.15) is 37.5 Å².